The maximum absolute atomic E-state index is 12.0. The zero-order valence-electron chi connectivity index (χ0n) is 10.8. The molecule has 1 atom stereocenters. The van der Waals surface area contributed by atoms with Crippen LogP contribution < -0.4 is 10.6 Å². The number of para-hydroxylation sites is 1. The molecule has 0 bridgehead atoms. The number of hydrogen-bond donors (Lipinski definition) is 2. The monoisotopic (exact) mass is 258 g/mol. The highest BCUT2D eigenvalue weighted by Crippen LogP contribution is 2.20. The van der Waals surface area contributed by atoms with Gasteiger partial charge >= 0.3 is 0 Å². The third kappa shape index (κ3) is 2.63. The number of carbonyl (C=O) groups is 1. The fraction of sp³-hybridized carbons (Fsp3) is 0.400. The van der Waals surface area contributed by atoms with Crippen LogP contribution in [-0.4, -0.2) is 19.0 Å². The van der Waals surface area contributed by atoms with Gasteiger partial charge in [-0.1, -0.05) is 18.2 Å². The highest BCUT2D eigenvalue weighted by atomic mass is 16.3. The van der Waals surface area contributed by atoms with E-state index in [0.29, 0.717) is 6.54 Å². The molecule has 2 N–H and O–H groups in total. The molecule has 4 heteroatoms. The van der Waals surface area contributed by atoms with Crippen LogP contribution in [0, 0.1) is 5.92 Å². The summed E-state index contributed by atoms with van der Waals surface area (Å²) in [6.07, 6.45) is 3.78. The molecular weight excluding hydrogens is 240 g/mol. The molecular formula is C15H18N2O2. The first-order chi connectivity index (χ1) is 9.34. The van der Waals surface area contributed by atoms with Crippen molar-refractivity contribution >= 4 is 16.9 Å². The van der Waals surface area contributed by atoms with Gasteiger partial charge in [0.25, 0.3) is 0 Å². The number of fused-ring (bicyclic) bond motifs is 1. The Morgan fingerprint density at radius 1 is 1.42 bits per heavy atom. The first-order valence-corrected chi connectivity index (χ1v) is 6.78. The molecule has 0 saturated carbocycles. The maximum Gasteiger partial charge on any atom is 0.224 e. The van der Waals surface area contributed by atoms with Crippen LogP contribution >= 0.6 is 0 Å². The number of hydrogen-bond acceptors (Lipinski definition) is 3. The van der Waals surface area contributed by atoms with Crippen molar-refractivity contribution in [2.45, 2.75) is 19.4 Å². The van der Waals surface area contributed by atoms with Crippen molar-refractivity contribution in [1.29, 1.82) is 0 Å². The molecule has 1 saturated heterocycles. The minimum Gasteiger partial charge on any atom is -0.464 e. The molecule has 1 fully saturated rings. The van der Waals surface area contributed by atoms with Crippen molar-refractivity contribution in [2.24, 2.45) is 5.92 Å². The first-order valence-electron chi connectivity index (χ1n) is 6.78. The van der Waals surface area contributed by atoms with E-state index in [1.54, 1.807) is 6.26 Å². The van der Waals surface area contributed by atoms with E-state index in [2.05, 4.69) is 10.6 Å². The second-order valence-corrected chi connectivity index (χ2v) is 5.02. The molecule has 1 amide bonds. The first kappa shape index (κ1) is 12.2. The molecule has 0 aliphatic carbocycles. The second-order valence-electron chi connectivity index (χ2n) is 5.02. The lowest BCUT2D eigenvalue weighted by atomic mass is 9.99. The zero-order valence-corrected chi connectivity index (χ0v) is 10.8. The molecule has 3 rings (SSSR count). The summed E-state index contributed by atoms with van der Waals surface area (Å²) in [7, 11) is 0. The lowest BCUT2D eigenvalue weighted by Crippen LogP contribution is -2.40. The van der Waals surface area contributed by atoms with Gasteiger partial charge in [-0.05, 0) is 25.5 Å². The molecule has 2 aromatic rings. The van der Waals surface area contributed by atoms with Gasteiger partial charge in [0.1, 0.15) is 5.58 Å². The molecule has 19 heavy (non-hydrogen) atoms. The summed E-state index contributed by atoms with van der Waals surface area (Å²) in [5.74, 6) is 0.240. The number of carbonyl (C=O) groups excluding carboxylic acids is 1. The zero-order chi connectivity index (χ0) is 13.1. The third-order valence-electron chi connectivity index (χ3n) is 3.68. The van der Waals surface area contributed by atoms with E-state index in [1.165, 1.54) is 0 Å². The van der Waals surface area contributed by atoms with E-state index in [-0.39, 0.29) is 11.8 Å². The largest absolute Gasteiger partial charge is 0.464 e. The van der Waals surface area contributed by atoms with Crippen LogP contribution in [0.5, 0.6) is 0 Å². The number of furan rings is 1. The average Bonchev–Trinajstić information content (AvgIpc) is 2.89. The Balaban J connectivity index is 1.64. The standard InChI is InChI=1S/C15H18N2O2/c18-15(11-4-3-7-16-8-11)17-9-12-10-19-14-6-2-1-5-13(12)14/h1-2,5-6,10-11,16H,3-4,7-9H2,(H,17,18). The second kappa shape index (κ2) is 5.45. The van der Waals surface area contributed by atoms with E-state index in [9.17, 15) is 4.79 Å². The SMILES string of the molecule is O=C(NCc1coc2ccccc12)C1CCCNC1. The molecule has 100 valence electrons. The van der Waals surface area contributed by atoms with Gasteiger partial charge in [-0.25, -0.2) is 0 Å². The van der Waals surface area contributed by atoms with Gasteiger partial charge in [-0.15, -0.1) is 0 Å². The molecule has 1 aliphatic rings. The summed E-state index contributed by atoms with van der Waals surface area (Å²) in [4.78, 5) is 12.0. The van der Waals surface area contributed by atoms with E-state index < -0.39 is 0 Å². The van der Waals surface area contributed by atoms with Gasteiger partial charge < -0.3 is 15.1 Å². The Hall–Kier alpha value is -1.81. The van der Waals surface area contributed by atoms with E-state index >= 15 is 0 Å². The lowest BCUT2D eigenvalue weighted by molar-refractivity contribution is -0.125. The Kier molecular flexibility index (Phi) is 3.51. The quantitative estimate of drug-likeness (QED) is 0.886. The van der Waals surface area contributed by atoms with Crippen molar-refractivity contribution in [3.8, 4) is 0 Å². The van der Waals surface area contributed by atoms with Gasteiger partial charge in [0.05, 0.1) is 12.2 Å². The number of amides is 1. The highest BCUT2D eigenvalue weighted by Gasteiger charge is 2.20. The molecule has 1 unspecified atom stereocenters. The van der Waals surface area contributed by atoms with Crippen LogP contribution in [0.2, 0.25) is 0 Å². The molecule has 1 aromatic carbocycles. The van der Waals surface area contributed by atoms with Crippen LogP contribution in [0.3, 0.4) is 0 Å². The number of rotatable bonds is 3. The summed E-state index contributed by atoms with van der Waals surface area (Å²) in [5.41, 5.74) is 1.90. The average molecular weight is 258 g/mol. The topological polar surface area (TPSA) is 54.3 Å². The normalized spacial score (nSPS) is 19.5. The van der Waals surface area contributed by atoms with E-state index in [0.717, 1.165) is 42.5 Å². The van der Waals surface area contributed by atoms with Gasteiger partial charge in [-0.2, -0.15) is 0 Å². The third-order valence-corrected chi connectivity index (χ3v) is 3.68. The number of benzene rings is 1. The molecule has 4 nitrogen and oxygen atoms in total. The van der Waals surface area contributed by atoms with Gasteiger partial charge in [0.15, 0.2) is 0 Å². The summed E-state index contributed by atoms with van der Waals surface area (Å²) < 4.78 is 5.46. The van der Waals surface area contributed by atoms with E-state index in [4.69, 9.17) is 4.42 Å². The fourth-order valence-electron chi connectivity index (χ4n) is 2.57. The lowest BCUT2D eigenvalue weighted by Gasteiger charge is -2.21. The van der Waals surface area contributed by atoms with Crippen molar-refractivity contribution in [2.75, 3.05) is 13.1 Å². The maximum atomic E-state index is 12.0. The van der Waals surface area contributed by atoms with Crippen molar-refractivity contribution in [3.63, 3.8) is 0 Å². The van der Waals surface area contributed by atoms with Gasteiger partial charge in [0.2, 0.25) is 5.91 Å². The summed E-state index contributed by atoms with van der Waals surface area (Å²) in [6.45, 7) is 2.35. The van der Waals surface area contributed by atoms with Gasteiger partial charge in [0, 0.05) is 24.0 Å². The minimum atomic E-state index is 0.104. The Bertz CT molecular complexity index is 570. The van der Waals surface area contributed by atoms with Crippen LogP contribution in [0.1, 0.15) is 18.4 Å². The predicted molar refractivity (Wildman–Crippen MR) is 73.7 cm³/mol. The molecule has 0 spiro atoms. The summed E-state index contributed by atoms with van der Waals surface area (Å²) in [6, 6.07) is 7.88. The Labute approximate surface area is 112 Å². The van der Waals surface area contributed by atoms with Crippen molar-refractivity contribution < 1.29 is 9.21 Å². The van der Waals surface area contributed by atoms with Crippen molar-refractivity contribution in [3.05, 3.63) is 36.1 Å². The molecule has 1 aliphatic heterocycles. The highest BCUT2D eigenvalue weighted by molar-refractivity contribution is 5.82. The predicted octanol–water partition coefficient (Wildman–Crippen LogP) is 2.05. The van der Waals surface area contributed by atoms with Crippen LogP contribution in [0.4, 0.5) is 0 Å². The Morgan fingerprint density at radius 3 is 3.16 bits per heavy atom. The summed E-state index contributed by atoms with van der Waals surface area (Å²) in [5, 5.41) is 7.34. The van der Waals surface area contributed by atoms with Crippen LogP contribution in [-0.2, 0) is 11.3 Å². The molecule has 1 aromatic heterocycles. The van der Waals surface area contributed by atoms with Crippen LogP contribution in [0.25, 0.3) is 11.0 Å². The van der Waals surface area contributed by atoms with Crippen LogP contribution in [0.15, 0.2) is 34.9 Å². The molecule has 2 heterocycles. The van der Waals surface area contributed by atoms with Gasteiger partial charge in [-0.3, -0.25) is 4.79 Å². The fourth-order valence-corrected chi connectivity index (χ4v) is 2.57. The van der Waals surface area contributed by atoms with E-state index in [1.807, 2.05) is 24.3 Å². The number of piperidine rings is 1. The Morgan fingerprint density at radius 2 is 2.32 bits per heavy atom. The summed E-state index contributed by atoms with van der Waals surface area (Å²) >= 11 is 0. The number of nitrogens with one attached hydrogen (secondary N) is 2. The minimum absolute atomic E-state index is 0.104. The van der Waals surface area contributed by atoms with Crippen molar-refractivity contribution in [1.82, 2.24) is 10.6 Å². The molecule has 0 radical (unpaired) electrons. The smallest absolute Gasteiger partial charge is 0.224 e.